The van der Waals surface area contributed by atoms with Gasteiger partial charge in [-0.2, -0.15) is 0 Å². The first-order valence-electron chi connectivity index (χ1n) is 7.85. The van der Waals surface area contributed by atoms with Crippen molar-refractivity contribution in [3.63, 3.8) is 0 Å². The van der Waals surface area contributed by atoms with E-state index < -0.39 is 15.2 Å². The molecule has 4 nitrogen and oxygen atoms in total. The molecule has 3 rings (SSSR count). The summed E-state index contributed by atoms with van der Waals surface area (Å²) in [4.78, 5) is 2.00. The molecular weight excluding hydrogens is 308 g/mol. The topological polar surface area (TPSA) is 63.4 Å². The summed E-state index contributed by atoms with van der Waals surface area (Å²) in [6.45, 7) is 1.15. The second-order valence-electron chi connectivity index (χ2n) is 6.09. The van der Waals surface area contributed by atoms with Crippen molar-refractivity contribution < 1.29 is 8.42 Å². The highest BCUT2D eigenvalue weighted by atomic mass is 32.2. The fourth-order valence-electron chi connectivity index (χ4n) is 3.20. The molecular formula is C18H22N2O2S. The minimum atomic E-state index is -3.17. The standard InChI is InChI=1S/C18H22N2O2S/c19-17-11-12-23(21,22)18(17)20(13-15-7-3-1-4-8-15)14-16-9-5-2-6-10-16/h1-10,17-18H,11-14,19H2/t17-,18+/m0/s1. The monoisotopic (exact) mass is 330 g/mol. The van der Waals surface area contributed by atoms with Crippen molar-refractivity contribution in [3.8, 4) is 0 Å². The van der Waals surface area contributed by atoms with Crippen LogP contribution in [0, 0.1) is 0 Å². The number of benzene rings is 2. The summed E-state index contributed by atoms with van der Waals surface area (Å²) in [7, 11) is -3.17. The molecule has 1 saturated heterocycles. The molecule has 1 heterocycles. The predicted octanol–water partition coefficient (Wildman–Crippen LogP) is 2.16. The highest BCUT2D eigenvalue weighted by Crippen LogP contribution is 2.26. The number of rotatable bonds is 5. The van der Waals surface area contributed by atoms with Gasteiger partial charge in [0.05, 0.1) is 5.75 Å². The molecule has 1 aliphatic heterocycles. The first-order valence-corrected chi connectivity index (χ1v) is 9.57. The third-order valence-electron chi connectivity index (χ3n) is 4.29. The molecule has 2 atom stereocenters. The number of sulfone groups is 1. The van der Waals surface area contributed by atoms with Crippen LogP contribution in [0.3, 0.4) is 0 Å². The molecule has 2 N–H and O–H groups in total. The molecule has 2 aromatic carbocycles. The molecule has 5 heteroatoms. The van der Waals surface area contributed by atoms with Gasteiger partial charge in [0.25, 0.3) is 0 Å². The molecule has 0 aromatic heterocycles. The zero-order chi connectivity index (χ0) is 16.3. The predicted molar refractivity (Wildman–Crippen MR) is 92.3 cm³/mol. The van der Waals surface area contributed by atoms with E-state index in [0.29, 0.717) is 19.5 Å². The van der Waals surface area contributed by atoms with Crippen molar-refractivity contribution in [3.05, 3.63) is 71.8 Å². The third-order valence-corrected chi connectivity index (χ3v) is 6.48. The Morgan fingerprint density at radius 1 is 0.913 bits per heavy atom. The van der Waals surface area contributed by atoms with Crippen molar-refractivity contribution in [1.29, 1.82) is 0 Å². The smallest absolute Gasteiger partial charge is 0.167 e. The maximum Gasteiger partial charge on any atom is 0.167 e. The maximum absolute atomic E-state index is 12.5. The summed E-state index contributed by atoms with van der Waals surface area (Å²) in [5.41, 5.74) is 8.33. The minimum Gasteiger partial charge on any atom is -0.325 e. The SMILES string of the molecule is N[C@H]1CCS(=O)(=O)[C@H]1N(Cc1ccccc1)Cc1ccccc1. The summed E-state index contributed by atoms with van der Waals surface area (Å²) in [6.07, 6.45) is 0.535. The molecule has 0 bridgehead atoms. The molecule has 122 valence electrons. The van der Waals surface area contributed by atoms with Gasteiger partial charge in [-0.25, -0.2) is 8.42 Å². The van der Waals surface area contributed by atoms with Gasteiger partial charge in [0.1, 0.15) is 5.37 Å². The van der Waals surface area contributed by atoms with Gasteiger partial charge in [0.2, 0.25) is 0 Å². The molecule has 0 saturated carbocycles. The highest BCUT2D eigenvalue weighted by molar-refractivity contribution is 7.92. The molecule has 23 heavy (non-hydrogen) atoms. The summed E-state index contributed by atoms with van der Waals surface area (Å²) in [5.74, 6) is 0.179. The van der Waals surface area contributed by atoms with Crippen LogP contribution in [0.4, 0.5) is 0 Å². The van der Waals surface area contributed by atoms with Crippen molar-refractivity contribution >= 4 is 9.84 Å². The second-order valence-corrected chi connectivity index (χ2v) is 8.30. The Kier molecular flexibility index (Phi) is 4.80. The number of nitrogens with two attached hydrogens (primary N) is 1. The third kappa shape index (κ3) is 3.80. The van der Waals surface area contributed by atoms with Gasteiger partial charge in [-0.15, -0.1) is 0 Å². The van der Waals surface area contributed by atoms with Crippen molar-refractivity contribution in [2.75, 3.05) is 5.75 Å². The van der Waals surface area contributed by atoms with E-state index in [2.05, 4.69) is 0 Å². The summed E-state index contributed by atoms with van der Waals surface area (Å²) < 4.78 is 24.9. The summed E-state index contributed by atoms with van der Waals surface area (Å²) in [5, 5.41) is -0.608. The van der Waals surface area contributed by atoms with Gasteiger partial charge >= 0.3 is 0 Å². The molecule has 0 unspecified atom stereocenters. The van der Waals surface area contributed by atoms with Crippen LogP contribution >= 0.6 is 0 Å². The van der Waals surface area contributed by atoms with E-state index in [9.17, 15) is 8.42 Å². The van der Waals surface area contributed by atoms with Crippen LogP contribution in [0.15, 0.2) is 60.7 Å². The van der Waals surface area contributed by atoms with E-state index in [-0.39, 0.29) is 11.8 Å². The Morgan fingerprint density at radius 3 is 1.78 bits per heavy atom. The van der Waals surface area contributed by atoms with E-state index in [1.54, 1.807) is 0 Å². The van der Waals surface area contributed by atoms with Crippen LogP contribution in [-0.2, 0) is 22.9 Å². The second kappa shape index (κ2) is 6.83. The van der Waals surface area contributed by atoms with Gasteiger partial charge in [0, 0.05) is 19.1 Å². The average molecular weight is 330 g/mol. The van der Waals surface area contributed by atoms with Gasteiger partial charge in [-0.1, -0.05) is 60.7 Å². The molecule has 0 aliphatic carbocycles. The Hall–Kier alpha value is -1.69. The highest BCUT2D eigenvalue weighted by Gasteiger charge is 2.42. The van der Waals surface area contributed by atoms with Crippen molar-refractivity contribution in [1.82, 2.24) is 4.90 Å². The first-order chi connectivity index (χ1) is 11.1. The van der Waals surface area contributed by atoms with Crippen LogP contribution in [0.5, 0.6) is 0 Å². The Bertz CT molecular complexity index is 691. The number of hydrogen-bond donors (Lipinski definition) is 1. The van der Waals surface area contributed by atoms with Crippen LogP contribution in [0.1, 0.15) is 17.5 Å². The van der Waals surface area contributed by atoms with Gasteiger partial charge < -0.3 is 5.73 Å². The molecule has 2 aromatic rings. The Morgan fingerprint density at radius 2 is 1.39 bits per heavy atom. The van der Waals surface area contributed by atoms with Crippen LogP contribution < -0.4 is 5.73 Å². The molecule has 1 aliphatic rings. The fourth-order valence-corrected chi connectivity index (χ4v) is 5.31. The van der Waals surface area contributed by atoms with Gasteiger partial charge in [-0.05, 0) is 17.5 Å². The lowest BCUT2D eigenvalue weighted by molar-refractivity contribution is 0.213. The van der Waals surface area contributed by atoms with Gasteiger partial charge in [-0.3, -0.25) is 4.90 Å². The van der Waals surface area contributed by atoms with Crippen molar-refractivity contribution in [2.24, 2.45) is 5.73 Å². The van der Waals surface area contributed by atoms with Crippen molar-refractivity contribution in [2.45, 2.75) is 30.9 Å². The van der Waals surface area contributed by atoms with E-state index in [1.807, 2.05) is 65.6 Å². The molecule has 1 fully saturated rings. The molecule has 0 amide bonds. The van der Waals surface area contributed by atoms with Crippen LogP contribution in [-0.4, -0.2) is 30.5 Å². The van der Waals surface area contributed by atoms with Crippen LogP contribution in [0.25, 0.3) is 0 Å². The average Bonchev–Trinajstić information content (AvgIpc) is 2.82. The van der Waals surface area contributed by atoms with E-state index >= 15 is 0 Å². The lowest BCUT2D eigenvalue weighted by atomic mass is 10.1. The Balaban J connectivity index is 1.90. The van der Waals surface area contributed by atoms with Crippen LogP contribution in [0.2, 0.25) is 0 Å². The van der Waals surface area contributed by atoms with E-state index in [0.717, 1.165) is 11.1 Å². The maximum atomic E-state index is 12.5. The minimum absolute atomic E-state index is 0.179. The zero-order valence-corrected chi connectivity index (χ0v) is 13.8. The normalized spacial score (nSPS) is 23.2. The molecule has 0 radical (unpaired) electrons. The largest absolute Gasteiger partial charge is 0.325 e. The number of nitrogens with zero attached hydrogens (tertiary/aromatic N) is 1. The summed E-state index contributed by atoms with van der Waals surface area (Å²) in [6, 6.07) is 19.6. The lowest BCUT2D eigenvalue weighted by Gasteiger charge is -2.30. The lowest BCUT2D eigenvalue weighted by Crippen LogP contribution is -2.47. The zero-order valence-electron chi connectivity index (χ0n) is 13.0. The van der Waals surface area contributed by atoms with Gasteiger partial charge in [0.15, 0.2) is 9.84 Å². The molecule has 0 spiro atoms. The quantitative estimate of drug-likeness (QED) is 0.912. The first kappa shape index (κ1) is 16.2. The Labute approximate surface area is 137 Å². The summed E-state index contributed by atoms with van der Waals surface area (Å²) >= 11 is 0. The van der Waals surface area contributed by atoms with E-state index in [4.69, 9.17) is 5.73 Å². The van der Waals surface area contributed by atoms with E-state index in [1.165, 1.54) is 0 Å². The number of hydrogen-bond acceptors (Lipinski definition) is 4. The fraction of sp³-hybridized carbons (Fsp3) is 0.333.